The molecule has 2 N–H and O–H groups in total. The molecule has 0 fully saturated rings. The Labute approximate surface area is 153 Å². The quantitative estimate of drug-likeness (QED) is 0.736. The number of aryl methyl sites for hydroxylation is 1. The Morgan fingerprint density at radius 2 is 1.76 bits per heavy atom. The van der Waals surface area contributed by atoms with Gasteiger partial charge >= 0.3 is 6.36 Å². The molecule has 1 aliphatic heterocycles. The lowest BCUT2D eigenvalue weighted by Gasteiger charge is -2.21. The molecule has 25 heavy (non-hydrogen) atoms. The van der Waals surface area contributed by atoms with Crippen LogP contribution in [-0.4, -0.2) is 20.0 Å². The highest BCUT2D eigenvalue weighted by Gasteiger charge is 2.32. The summed E-state index contributed by atoms with van der Waals surface area (Å²) < 4.78 is 46.5. The van der Waals surface area contributed by atoms with Gasteiger partial charge in [0.2, 0.25) is 0 Å². The van der Waals surface area contributed by atoms with E-state index < -0.39 is 12.1 Å². The van der Waals surface area contributed by atoms with Crippen molar-refractivity contribution >= 4 is 23.2 Å². The van der Waals surface area contributed by atoms with Gasteiger partial charge in [-0.05, 0) is 37.6 Å². The van der Waals surface area contributed by atoms with Gasteiger partial charge in [0, 0.05) is 11.1 Å². The maximum atomic E-state index is 12.3. The molecule has 3 nitrogen and oxygen atoms in total. The van der Waals surface area contributed by atoms with Crippen LogP contribution in [0.1, 0.15) is 12.0 Å². The molecule has 136 valence electrons. The van der Waals surface area contributed by atoms with Gasteiger partial charge in [0.1, 0.15) is 11.5 Å². The van der Waals surface area contributed by atoms with Gasteiger partial charge in [0.05, 0.1) is 16.7 Å². The van der Waals surface area contributed by atoms with Gasteiger partial charge in [-0.1, -0.05) is 41.4 Å². The second-order valence-corrected chi connectivity index (χ2v) is 5.87. The van der Waals surface area contributed by atoms with Crippen LogP contribution in [0.4, 0.5) is 13.2 Å². The lowest BCUT2D eigenvalue weighted by molar-refractivity contribution is -0.274. The predicted molar refractivity (Wildman–Crippen MR) is 92.5 cm³/mol. The summed E-state index contributed by atoms with van der Waals surface area (Å²) in [5.41, 5.74) is 6.62. The molecular weight excluding hydrogens is 378 g/mol. The van der Waals surface area contributed by atoms with E-state index in [-0.39, 0.29) is 10.0 Å². The highest BCUT2D eigenvalue weighted by molar-refractivity contribution is 6.39. The van der Waals surface area contributed by atoms with Crippen LogP contribution in [0.2, 0.25) is 10.0 Å². The fourth-order valence-electron chi connectivity index (χ4n) is 2.59. The number of alkyl halides is 3. The fraction of sp³-hybridized carbons (Fsp3) is 0.294. The normalized spacial score (nSPS) is 13.2. The molecule has 0 saturated carbocycles. The molecule has 2 aromatic carbocycles. The van der Waals surface area contributed by atoms with Crippen molar-refractivity contribution in [1.29, 1.82) is 0 Å². The molecule has 3 rings (SSSR count). The van der Waals surface area contributed by atoms with E-state index in [1.165, 1.54) is 7.05 Å². The number of para-hydroxylation sites is 1. The monoisotopic (exact) mass is 393 g/mol. The topological polar surface area (TPSA) is 44.5 Å². The maximum Gasteiger partial charge on any atom is 0.573 e. The van der Waals surface area contributed by atoms with Crippen molar-refractivity contribution in [3.63, 3.8) is 0 Å². The summed E-state index contributed by atoms with van der Waals surface area (Å²) in [5.74, 6) is 0.217. The summed E-state index contributed by atoms with van der Waals surface area (Å²) in [4.78, 5) is 0. The molecule has 2 aromatic rings. The van der Waals surface area contributed by atoms with E-state index >= 15 is 0 Å². The van der Waals surface area contributed by atoms with E-state index in [0.717, 1.165) is 30.5 Å². The van der Waals surface area contributed by atoms with Crippen LogP contribution < -0.4 is 15.2 Å². The molecular formula is C17H16Cl2F3NO2. The Bertz CT molecular complexity index is 728. The molecule has 0 spiro atoms. The zero-order chi connectivity index (χ0) is 18.6. The van der Waals surface area contributed by atoms with Crippen molar-refractivity contribution in [2.45, 2.75) is 19.2 Å². The van der Waals surface area contributed by atoms with Crippen molar-refractivity contribution in [2.75, 3.05) is 13.7 Å². The summed E-state index contributed by atoms with van der Waals surface area (Å²) in [6.07, 6.45) is -3.02. The zero-order valence-corrected chi connectivity index (χ0v) is 14.8. The van der Waals surface area contributed by atoms with Gasteiger partial charge in [-0.15, -0.1) is 13.2 Å². The molecule has 0 atom stereocenters. The lowest BCUT2D eigenvalue weighted by atomic mass is 9.97. The number of nitrogens with two attached hydrogens (primary N) is 1. The minimum atomic E-state index is -4.80. The van der Waals surface area contributed by atoms with Crippen molar-refractivity contribution in [2.24, 2.45) is 5.73 Å². The second-order valence-electron chi connectivity index (χ2n) is 5.06. The molecule has 0 amide bonds. The van der Waals surface area contributed by atoms with Crippen molar-refractivity contribution in [3.05, 3.63) is 45.9 Å². The number of ether oxygens (including phenoxy) is 2. The number of hydrogen-bond donors (Lipinski definition) is 1. The van der Waals surface area contributed by atoms with Crippen LogP contribution in [0.15, 0.2) is 30.3 Å². The van der Waals surface area contributed by atoms with Crippen LogP contribution in [0, 0.1) is 0 Å². The number of hydrogen-bond acceptors (Lipinski definition) is 3. The van der Waals surface area contributed by atoms with E-state index in [1.807, 2.05) is 12.1 Å². The predicted octanol–water partition coefficient (Wildman–Crippen LogP) is 5.46. The van der Waals surface area contributed by atoms with Crippen molar-refractivity contribution in [1.82, 2.24) is 0 Å². The van der Waals surface area contributed by atoms with Crippen LogP contribution in [0.5, 0.6) is 11.5 Å². The van der Waals surface area contributed by atoms with Gasteiger partial charge in [0.25, 0.3) is 0 Å². The maximum absolute atomic E-state index is 12.3. The first-order valence-electron chi connectivity index (χ1n) is 7.43. The van der Waals surface area contributed by atoms with Gasteiger partial charge in [0.15, 0.2) is 0 Å². The van der Waals surface area contributed by atoms with Crippen molar-refractivity contribution in [3.8, 4) is 22.6 Å². The average molecular weight is 394 g/mol. The van der Waals surface area contributed by atoms with Crippen molar-refractivity contribution < 1.29 is 22.6 Å². The number of halogens is 5. The summed E-state index contributed by atoms with van der Waals surface area (Å²) in [6.45, 7) is 0.578. The summed E-state index contributed by atoms with van der Waals surface area (Å²) in [6, 6.07) is 7.76. The molecule has 8 heteroatoms. The largest absolute Gasteiger partial charge is 0.573 e. The molecule has 1 heterocycles. The molecule has 1 aliphatic rings. The number of benzene rings is 2. The van der Waals surface area contributed by atoms with E-state index in [4.69, 9.17) is 27.9 Å². The Morgan fingerprint density at radius 3 is 2.36 bits per heavy atom. The molecule has 0 aromatic heterocycles. The molecule has 0 bridgehead atoms. The number of fused-ring (bicyclic) bond motifs is 1. The highest BCUT2D eigenvalue weighted by atomic mass is 35.5. The molecule has 0 radical (unpaired) electrons. The minimum absolute atomic E-state index is 0.0688. The van der Waals surface area contributed by atoms with Gasteiger partial charge in [-0.2, -0.15) is 0 Å². The summed E-state index contributed by atoms with van der Waals surface area (Å²) >= 11 is 12.3. The van der Waals surface area contributed by atoms with E-state index in [0.29, 0.717) is 23.5 Å². The lowest BCUT2D eigenvalue weighted by Crippen LogP contribution is -2.17. The SMILES string of the molecule is CN.FC(F)(F)Oc1cc(Cl)c(-c2cccc3c2OCCC3)c(Cl)c1. The standard InChI is InChI=1S/C16H11Cl2F3O2.CH5N/c17-12-7-10(23-16(19,20)21)8-13(18)14(12)11-5-1-3-9-4-2-6-22-15(9)11;1-2/h1,3,5,7-8H,2,4,6H2;2H2,1H3. The van der Waals surface area contributed by atoms with Gasteiger partial charge in [-0.3, -0.25) is 0 Å². The van der Waals surface area contributed by atoms with E-state index in [2.05, 4.69) is 10.5 Å². The first-order chi connectivity index (χ1) is 11.8. The van der Waals surface area contributed by atoms with Crippen LogP contribution >= 0.6 is 23.2 Å². The molecule has 0 aliphatic carbocycles. The second kappa shape index (κ2) is 8.17. The fourth-order valence-corrected chi connectivity index (χ4v) is 3.26. The van der Waals surface area contributed by atoms with E-state index in [1.54, 1.807) is 6.07 Å². The molecule has 0 saturated heterocycles. The summed E-state index contributed by atoms with van der Waals surface area (Å²) in [7, 11) is 1.50. The Kier molecular flexibility index (Phi) is 6.43. The first kappa shape index (κ1) is 19.7. The number of rotatable bonds is 2. The smallest absolute Gasteiger partial charge is 0.493 e. The third-order valence-electron chi connectivity index (χ3n) is 3.45. The summed E-state index contributed by atoms with van der Waals surface area (Å²) in [5, 5.41) is 0.138. The van der Waals surface area contributed by atoms with E-state index in [9.17, 15) is 13.2 Å². The van der Waals surface area contributed by atoms with Crippen LogP contribution in [0.3, 0.4) is 0 Å². The van der Waals surface area contributed by atoms with Crippen LogP contribution in [0.25, 0.3) is 11.1 Å². The third kappa shape index (κ3) is 4.71. The molecule has 0 unspecified atom stereocenters. The third-order valence-corrected chi connectivity index (χ3v) is 4.05. The Hall–Kier alpha value is -1.63. The Morgan fingerprint density at radius 1 is 1.12 bits per heavy atom. The zero-order valence-electron chi connectivity index (χ0n) is 13.3. The highest BCUT2D eigenvalue weighted by Crippen LogP contribution is 2.44. The van der Waals surface area contributed by atoms with Crippen LogP contribution in [-0.2, 0) is 6.42 Å². The van der Waals surface area contributed by atoms with Gasteiger partial charge < -0.3 is 15.2 Å². The average Bonchev–Trinajstić information content (AvgIpc) is 2.55. The minimum Gasteiger partial charge on any atom is -0.493 e. The van der Waals surface area contributed by atoms with Gasteiger partial charge in [-0.25, -0.2) is 0 Å². The Balaban J connectivity index is 0.00000109. The first-order valence-corrected chi connectivity index (χ1v) is 8.18.